The average Bonchev–Trinajstić information content (AvgIpc) is 3.29. The SMILES string of the molecule is C[n+]1c(/C=C/c2cc(CCc3sc4ccccc4[n+]3C)ccc2O)sc2ccccc21. The number of aryl methyl sites for hydroxylation is 4. The topological polar surface area (TPSA) is 28.0 Å². The lowest BCUT2D eigenvalue weighted by Gasteiger charge is -2.03. The van der Waals surface area contributed by atoms with Gasteiger partial charge in [0.25, 0.3) is 5.01 Å². The van der Waals surface area contributed by atoms with Crippen LogP contribution in [0.4, 0.5) is 0 Å². The summed E-state index contributed by atoms with van der Waals surface area (Å²) in [7, 11) is 4.23. The molecule has 1 N–H and O–H groups in total. The largest absolute Gasteiger partial charge is 0.507 e. The number of para-hydroxylation sites is 2. The fourth-order valence-electron chi connectivity index (χ4n) is 3.94. The molecule has 0 aliphatic carbocycles. The molecule has 0 radical (unpaired) electrons. The van der Waals surface area contributed by atoms with Crippen molar-refractivity contribution in [1.82, 2.24) is 0 Å². The number of rotatable bonds is 5. The highest BCUT2D eigenvalue weighted by Crippen LogP contribution is 2.26. The average molecular weight is 445 g/mol. The summed E-state index contributed by atoms with van der Waals surface area (Å²) in [6.07, 6.45) is 6.03. The second-order valence-electron chi connectivity index (χ2n) is 7.72. The van der Waals surface area contributed by atoms with Gasteiger partial charge in [-0.3, -0.25) is 0 Å². The quantitative estimate of drug-likeness (QED) is 0.360. The van der Waals surface area contributed by atoms with Crippen molar-refractivity contribution in [2.45, 2.75) is 12.8 Å². The zero-order chi connectivity index (χ0) is 21.4. The Hall–Kier alpha value is -3.02. The number of fused-ring (bicyclic) bond motifs is 2. The summed E-state index contributed by atoms with van der Waals surface area (Å²) in [6, 6.07) is 22.9. The molecule has 2 heterocycles. The van der Waals surface area contributed by atoms with E-state index in [4.69, 9.17) is 0 Å². The van der Waals surface area contributed by atoms with E-state index in [2.05, 4.69) is 83.9 Å². The van der Waals surface area contributed by atoms with Crippen molar-refractivity contribution in [2.24, 2.45) is 14.1 Å². The van der Waals surface area contributed by atoms with Crippen molar-refractivity contribution in [1.29, 1.82) is 0 Å². The molecule has 0 amide bonds. The Balaban J connectivity index is 1.37. The van der Waals surface area contributed by atoms with Crippen LogP contribution >= 0.6 is 22.7 Å². The van der Waals surface area contributed by atoms with Crippen LogP contribution in [-0.4, -0.2) is 5.11 Å². The smallest absolute Gasteiger partial charge is 0.262 e. The summed E-state index contributed by atoms with van der Waals surface area (Å²) in [6.45, 7) is 0. The maximum Gasteiger partial charge on any atom is 0.262 e. The van der Waals surface area contributed by atoms with Crippen molar-refractivity contribution in [3.05, 3.63) is 87.9 Å². The van der Waals surface area contributed by atoms with Crippen LogP contribution in [0, 0.1) is 0 Å². The minimum atomic E-state index is 0.316. The second kappa shape index (κ2) is 8.25. The standard InChI is InChI=1S/C26H23N2OS2/c1-27-20-7-3-5-9-23(20)30-25(27)15-12-18-11-14-22(29)19(17-18)13-16-26-28(2)21-8-4-6-10-24(21)31-26/h3-11,13-14,16-17H,12,15H2,1-2H3/q+1/p+1. The number of phenols is 1. The van der Waals surface area contributed by atoms with Crippen LogP contribution in [0.5, 0.6) is 5.75 Å². The third kappa shape index (κ3) is 3.87. The van der Waals surface area contributed by atoms with Gasteiger partial charge in [-0.1, -0.05) is 53.0 Å². The van der Waals surface area contributed by atoms with E-state index in [9.17, 15) is 5.11 Å². The Kier molecular flexibility index (Phi) is 5.30. The monoisotopic (exact) mass is 444 g/mol. The van der Waals surface area contributed by atoms with Gasteiger partial charge in [0.2, 0.25) is 16.0 Å². The van der Waals surface area contributed by atoms with Gasteiger partial charge in [0, 0.05) is 30.2 Å². The predicted molar refractivity (Wildman–Crippen MR) is 130 cm³/mol. The highest BCUT2D eigenvalue weighted by Gasteiger charge is 2.16. The fraction of sp³-hybridized carbons (Fsp3) is 0.154. The molecule has 0 aliphatic heterocycles. The Bertz CT molecular complexity index is 1430. The number of thiazole rings is 2. The van der Waals surface area contributed by atoms with E-state index in [-0.39, 0.29) is 0 Å². The summed E-state index contributed by atoms with van der Waals surface area (Å²) >= 11 is 3.62. The minimum absolute atomic E-state index is 0.316. The molecule has 3 aromatic carbocycles. The van der Waals surface area contributed by atoms with Gasteiger partial charge in [0.1, 0.15) is 29.2 Å². The molecule has 31 heavy (non-hydrogen) atoms. The highest BCUT2D eigenvalue weighted by atomic mass is 32.1. The van der Waals surface area contributed by atoms with E-state index >= 15 is 0 Å². The number of hydrogen-bond donors (Lipinski definition) is 1. The summed E-state index contributed by atoms with van der Waals surface area (Å²) < 4.78 is 7.08. The second-order valence-corrected chi connectivity index (χ2v) is 9.89. The van der Waals surface area contributed by atoms with Gasteiger partial charge in [0.15, 0.2) is 0 Å². The van der Waals surface area contributed by atoms with Gasteiger partial charge >= 0.3 is 0 Å². The molecule has 0 saturated carbocycles. The first-order valence-corrected chi connectivity index (χ1v) is 12.0. The fourth-order valence-corrected chi connectivity index (χ4v) is 6.14. The molecule has 5 aromatic rings. The summed E-state index contributed by atoms with van der Waals surface area (Å²) in [5.41, 5.74) is 4.60. The molecule has 3 nitrogen and oxygen atoms in total. The van der Waals surface area contributed by atoms with E-state index in [0.717, 1.165) is 23.4 Å². The number of aromatic nitrogens is 2. The maximum absolute atomic E-state index is 10.4. The third-order valence-corrected chi connectivity index (χ3v) is 8.19. The van der Waals surface area contributed by atoms with Crippen LogP contribution < -0.4 is 9.13 Å². The van der Waals surface area contributed by atoms with E-state index in [1.807, 2.05) is 29.5 Å². The lowest BCUT2D eigenvalue weighted by molar-refractivity contribution is -0.648. The molecule has 154 valence electrons. The van der Waals surface area contributed by atoms with Gasteiger partial charge in [0.05, 0.1) is 0 Å². The Morgan fingerprint density at radius 1 is 0.774 bits per heavy atom. The van der Waals surface area contributed by atoms with Crippen LogP contribution in [0.2, 0.25) is 0 Å². The summed E-state index contributed by atoms with van der Waals surface area (Å²) in [5, 5.41) is 12.9. The first-order chi connectivity index (χ1) is 15.1. The molecule has 0 unspecified atom stereocenters. The van der Waals surface area contributed by atoms with Gasteiger partial charge in [-0.15, -0.1) is 0 Å². The normalized spacial score (nSPS) is 11.8. The lowest BCUT2D eigenvalue weighted by atomic mass is 10.1. The van der Waals surface area contributed by atoms with Crippen molar-refractivity contribution >= 4 is 55.3 Å². The maximum atomic E-state index is 10.4. The van der Waals surface area contributed by atoms with Crippen molar-refractivity contribution in [3.63, 3.8) is 0 Å². The van der Waals surface area contributed by atoms with Crippen LogP contribution in [0.1, 0.15) is 21.1 Å². The number of hydrogen-bond acceptors (Lipinski definition) is 3. The minimum Gasteiger partial charge on any atom is -0.507 e. The molecule has 2 aromatic heterocycles. The summed E-state index contributed by atoms with van der Waals surface area (Å²) in [5.74, 6) is 0.316. The molecular weight excluding hydrogens is 420 g/mol. The molecule has 0 atom stereocenters. The molecule has 0 fully saturated rings. The molecule has 0 aliphatic rings. The molecule has 0 bridgehead atoms. The van der Waals surface area contributed by atoms with Crippen LogP contribution in [0.15, 0.2) is 66.7 Å². The predicted octanol–water partition coefficient (Wildman–Crippen LogP) is 5.43. The van der Waals surface area contributed by atoms with Crippen LogP contribution in [0.3, 0.4) is 0 Å². The molecule has 5 rings (SSSR count). The van der Waals surface area contributed by atoms with Crippen LogP contribution in [-0.2, 0) is 26.9 Å². The Morgan fingerprint density at radius 2 is 1.45 bits per heavy atom. The van der Waals surface area contributed by atoms with E-state index in [1.165, 1.54) is 31.0 Å². The van der Waals surface area contributed by atoms with Crippen molar-refractivity contribution in [2.75, 3.05) is 0 Å². The van der Waals surface area contributed by atoms with E-state index in [1.54, 1.807) is 11.3 Å². The highest BCUT2D eigenvalue weighted by molar-refractivity contribution is 7.19. The van der Waals surface area contributed by atoms with Crippen molar-refractivity contribution in [3.8, 4) is 5.75 Å². The molecule has 0 saturated heterocycles. The van der Waals surface area contributed by atoms with Gasteiger partial charge in [-0.25, -0.2) is 0 Å². The van der Waals surface area contributed by atoms with Crippen molar-refractivity contribution < 1.29 is 14.2 Å². The number of phenolic OH excluding ortho intramolecular Hbond substituents is 1. The Labute approximate surface area is 189 Å². The zero-order valence-corrected chi connectivity index (χ0v) is 19.2. The number of nitrogens with zero attached hydrogens (tertiary/aromatic N) is 2. The zero-order valence-electron chi connectivity index (χ0n) is 17.6. The summed E-state index contributed by atoms with van der Waals surface area (Å²) in [4.78, 5) is 0. The number of aromatic hydroxyl groups is 1. The van der Waals surface area contributed by atoms with Crippen LogP contribution in [0.25, 0.3) is 32.6 Å². The van der Waals surface area contributed by atoms with Gasteiger partial charge in [-0.05, 0) is 42.3 Å². The first-order valence-electron chi connectivity index (χ1n) is 10.3. The third-order valence-electron chi connectivity index (χ3n) is 5.73. The Morgan fingerprint density at radius 3 is 2.16 bits per heavy atom. The molecular formula is C26H24N2OS2+2. The number of benzene rings is 3. The molecule has 5 heteroatoms. The van der Waals surface area contributed by atoms with Gasteiger partial charge in [-0.2, -0.15) is 9.13 Å². The lowest BCUT2D eigenvalue weighted by Crippen LogP contribution is -2.30. The first kappa shape index (κ1) is 19.9. The molecule has 0 spiro atoms. The van der Waals surface area contributed by atoms with Gasteiger partial charge < -0.3 is 5.11 Å². The van der Waals surface area contributed by atoms with E-state index in [0.29, 0.717) is 5.75 Å². The van der Waals surface area contributed by atoms with E-state index < -0.39 is 0 Å².